The predicted octanol–water partition coefficient (Wildman–Crippen LogP) is 0.108. The molecule has 21 heavy (non-hydrogen) atoms. The fourth-order valence-corrected chi connectivity index (χ4v) is 2.13. The minimum Gasteiger partial charge on any atom is -0.408 e. The highest BCUT2D eigenvalue weighted by Crippen LogP contribution is 2.11. The average Bonchev–Trinajstić information content (AvgIpc) is 2.76. The molecule has 0 saturated heterocycles. The number of oxazole rings is 1. The number of carbonyl (C=O) groups excluding carboxylic acids is 1. The van der Waals surface area contributed by atoms with E-state index < -0.39 is 5.76 Å². The minimum atomic E-state index is -0.572. The molecule has 1 aromatic heterocycles. The van der Waals surface area contributed by atoms with Crippen LogP contribution in [0, 0.1) is 0 Å². The molecule has 1 aromatic carbocycles. The molecule has 7 heteroatoms. The zero-order chi connectivity index (χ0) is 15.2. The highest BCUT2D eigenvalue weighted by molar-refractivity contribution is 5.79. The molecule has 1 heterocycles. The van der Waals surface area contributed by atoms with Crippen LogP contribution < -0.4 is 11.1 Å². The molecule has 2 N–H and O–H groups in total. The lowest BCUT2D eigenvalue weighted by atomic mass is 10.2. The first kappa shape index (κ1) is 15.3. The third kappa shape index (κ3) is 3.71. The number of hydrogen-bond acceptors (Lipinski definition) is 5. The van der Waals surface area contributed by atoms with Gasteiger partial charge < -0.3 is 19.6 Å². The number of para-hydroxylation sites is 2. The van der Waals surface area contributed by atoms with Crippen LogP contribution in [0.25, 0.3) is 11.1 Å². The van der Waals surface area contributed by atoms with E-state index in [-0.39, 0.29) is 25.1 Å². The molecular formula is C14H18N2O5. The van der Waals surface area contributed by atoms with Crippen LogP contribution in [0.4, 0.5) is 0 Å². The Kier molecular flexibility index (Phi) is 5.13. The van der Waals surface area contributed by atoms with E-state index in [9.17, 15) is 9.59 Å². The second-order valence-corrected chi connectivity index (χ2v) is 4.65. The number of benzene rings is 1. The summed E-state index contributed by atoms with van der Waals surface area (Å²) in [6.45, 7) is 0.109. The van der Waals surface area contributed by atoms with Crippen molar-refractivity contribution in [2.24, 2.45) is 0 Å². The first-order valence-corrected chi connectivity index (χ1v) is 6.63. The summed E-state index contributed by atoms with van der Waals surface area (Å²) in [6, 6.07) is 6.62. The Bertz CT molecular complexity index is 655. The molecule has 0 bridgehead atoms. The van der Waals surface area contributed by atoms with Crippen LogP contribution >= 0.6 is 0 Å². The SMILES string of the molecule is COCC(CCO)NC(=O)Cn1c(=O)oc2ccccc21. The number of methoxy groups -OCH3 is 1. The Morgan fingerprint density at radius 1 is 1.48 bits per heavy atom. The Balaban J connectivity index is 2.10. The van der Waals surface area contributed by atoms with Crippen LogP contribution in [-0.2, 0) is 16.1 Å². The number of rotatable bonds is 7. The first-order valence-electron chi connectivity index (χ1n) is 6.63. The van der Waals surface area contributed by atoms with E-state index in [4.69, 9.17) is 14.3 Å². The van der Waals surface area contributed by atoms with Crippen molar-refractivity contribution in [3.8, 4) is 0 Å². The predicted molar refractivity (Wildman–Crippen MR) is 76.0 cm³/mol. The quantitative estimate of drug-likeness (QED) is 0.756. The molecule has 0 fully saturated rings. The van der Waals surface area contributed by atoms with Crippen molar-refractivity contribution in [3.63, 3.8) is 0 Å². The van der Waals surface area contributed by atoms with Crippen molar-refractivity contribution in [1.82, 2.24) is 9.88 Å². The van der Waals surface area contributed by atoms with Crippen LogP contribution in [0.2, 0.25) is 0 Å². The van der Waals surface area contributed by atoms with Crippen molar-refractivity contribution in [3.05, 3.63) is 34.8 Å². The number of aromatic nitrogens is 1. The molecule has 7 nitrogen and oxygen atoms in total. The molecule has 0 aliphatic heterocycles. The van der Waals surface area contributed by atoms with Crippen molar-refractivity contribution < 1.29 is 19.1 Å². The van der Waals surface area contributed by atoms with Gasteiger partial charge in [0, 0.05) is 13.7 Å². The summed E-state index contributed by atoms with van der Waals surface area (Å²) in [5.41, 5.74) is 1.02. The number of hydrogen-bond donors (Lipinski definition) is 2. The lowest BCUT2D eigenvalue weighted by Crippen LogP contribution is -2.41. The molecule has 0 saturated carbocycles. The van der Waals surface area contributed by atoms with Gasteiger partial charge in [0.05, 0.1) is 18.2 Å². The van der Waals surface area contributed by atoms with Gasteiger partial charge in [0.2, 0.25) is 5.91 Å². The summed E-state index contributed by atoms with van der Waals surface area (Å²) in [4.78, 5) is 23.8. The summed E-state index contributed by atoms with van der Waals surface area (Å²) >= 11 is 0. The van der Waals surface area contributed by atoms with E-state index in [1.807, 2.05) is 0 Å². The molecule has 0 radical (unpaired) electrons. The molecule has 2 rings (SSSR count). The Morgan fingerprint density at radius 2 is 2.24 bits per heavy atom. The van der Waals surface area contributed by atoms with E-state index in [2.05, 4.69) is 5.32 Å². The maximum atomic E-state index is 12.0. The smallest absolute Gasteiger partial charge is 0.408 e. The second-order valence-electron chi connectivity index (χ2n) is 4.65. The zero-order valence-corrected chi connectivity index (χ0v) is 11.7. The van der Waals surface area contributed by atoms with Gasteiger partial charge in [-0.15, -0.1) is 0 Å². The Morgan fingerprint density at radius 3 is 2.95 bits per heavy atom. The van der Waals surface area contributed by atoms with E-state index in [1.54, 1.807) is 24.3 Å². The monoisotopic (exact) mass is 294 g/mol. The third-order valence-corrected chi connectivity index (χ3v) is 3.09. The molecular weight excluding hydrogens is 276 g/mol. The molecule has 114 valence electrons. The molecule has 0 aliphatic rings. The van der Waals surface area contributed by atoms with Gasteiger partial charge in [-0.2, -0.15) is 0 Å². The summed E-state index contributed by atoms with van der Waals surface area (Å²) in [5.74, 6) is -0.907. The summed E-state index contributed by atoms with van der Waals surface area (Å²) in [5, 5.41) is 11.7. The number of nitrogens with one attached hydrogen (secondary N) is 1. The summed E-state index contributed by atoms with van der Waals surface area (Å²) < 4.78 is 11.3. The van der Waals surface area contributed by atoms with Gasteiger partial charge in [0.1, 0.15) is 6.54 Å². The number of aliphatic hydroxyl groups excluding tert-OH is 1. The Labute approximate surface area is 121 Å². The fourth-order valence-electron chi connectivity index (χ4n) is 2.13. The number of carbonyl (C=O) groups is 1. The van der Waals surface area contributed by atoms with Gasteiger partial charge in [-0.1, -0.05) is 12.1 Å². The number of nitrogens with zero attached hydrogens (tertiary/aromatic N) is 1. The second kappa shape index (κ2) is 7.05. The van der Waals surface area contributed by atoms with Crippen molar-refractivity contribution in [2.75, 3.05) is 20.3 Å². The van der Waals surface area contributed by atoms with Crippen LogP contribution in [-0.4, -0.2) is 41.9 Å². The van der Waals surface area contributed by atoms with Crippen molar-refractivity contribution in [1.29, 1.82) is 0 Å². The Hall–Kier alpha value is -2.12. The van der Waals surface area contributed by atoms with Crippen molar-refractivity contribution in [2.45, 2.75) is 19.0 Å². The average molecular weight is 294 g/mol. The molecule has 0 aliphatic carbocycles. The minimum absolute atomic E-state index is 0.0527. The largest absolute Gasteiger partial charge is 0.420 e. The normalized spacial score (nSPS) is 12.5. The van der Waals surface area contributed by atoms with Gasteiger partial charge in [-0.3, -0.25) is 9.36 Å². The topological polar surface area (TPSA) is 93.7 Å². The van der Waals surface area contributed by atoms with Gasteiger partial charge in [-0.05, 0) is 18.6 Å². The zero-order valence-electron chi connectivity index (χ0n) is 11.7. The lowest BCUT2D eigenvalue weighted by Gasteiger charge is -2.16. The molecule has 2 aromatic rings. The van der Waals surface area contributed by atoms with Crippen molar-refractivity contribution >= 4 is 17.0 Å². The van der Waals surface area contributed by atoms with E-state index >= 15 is 0 Å². The number of aliphatic hydroxyl groups is 1. The molecule has 0 spiro atoms. The third-order valence-electron chi connectivity index (χ3n) is 3.09. The molecule has 1 atom stereocenters. The molecule has 1 unspecified atom stereocenters. The van der Waals surface area contributed by atoms with Gasteiger partial charge in [-0.25, -0.2) is 4.79 Å². The van der Waals surface area contributed by atoms with E-state index in [0.717, 1.165) is 0 Å². The first-order chi connectivity index (χ1) is 10.2. The number of fused-ring (bicyclic) bond motifs is 1. The standard InChI is InChI=1S/C14H18N2O5/c1-20-9-10(6-7-17)15-13(18)8-16-11-4-2-3-5-12(11)21-14(16)19/h2-5,10,17H,6-9H2,1H3,(H,15,18). The summed E-state index contributed by atoms with van der Waals surface area (Å²) in [6.07, 6.45) is 0.389. The lowest BCUT2D eigenvalue weighted by molar-refractivity contribution is -0.122. The van der Waals surface area contributed by atoms with Crippen LogP contribution in [0.3, 0.4) is 0 Å². The van der Waals surface area contributed by atoms with Gasteiger partial charge in [0.25, 0.3) is 0 Å². The highest BCUT2D eigenvalue weighted by Gasteiger charge is 2.15. The maximum Gasteiger partial charge on any atom is 0.420 e. The van der Waals surface area contributed by atoms with Gasteiger partial charge >= 0.3 is 5.76 Å². The number of amides is 1. The highest BCUT2D eigenvalue weighted by atomic mass is 16.5. The van der Waals surface area contributed by atoms with E-state index in [1.165, 1.54) is 11.7 Å². The fraction of sp³-hybridized carbons (Fsp3) is 0.429. The summed E-state index contributed by atoms with van der Waals surface area (Å²) in [7, 11) is 1.52. The number of ether oxygens (including phenoxy) is 1. The van der Waals surface area contributed by atoms with Crippen LogP contribution in [0.15, 0.2) is 33.5 Å². The van der Waals surface area contributed by atoms with Gasteiger partial charge in [0.15, 0.2) is 5.58 Å². The molecule has 1 amide bonds. The van der Waals surface area contributed by atoms with Crippen LogP contribution in [0.5, 0.6) is 0 Å². The van der Waals surface area contributed by atoms with E-state index in [0.29, 0.717) is 24.1 Å². The maximum absolute atomic E-state index is 12.0. The van der Waals surface area contributed by atoms with Crippen LogP contribution in [0.1, 0.15) is 6.42 Å².